The molecule has 22 heavy (non-hydrogen) atoms. The van der Waals surface area contributed by atoms with E-state index in [-0.39, 0.29) is 17.9 Å². The Bertz CT molecular complexity index is 542. The molecular formula is C17H24N2O3. The SMILES string of the molecule is COC(=O)CCCN1C(=O)C(CC(C)C)Nc2ccccc21. The molecule has 120 valence electrons. The molecule has 1 unspecified atom stereocenters. The third-order valence-electron chi connectivity index (χ3n) is 3.79. The van der Waals surface area contributed by atoms with Crippen LogP contribution in [0.2, 0.25) is 0 Å². The smallest absolute Gasteiger partial charge is 0.305 e. The van der Waals surface area contributed by atoms with Crippen molar-refractivity contribution in [2.45, 2.75) is 39.2 Å². The van der Waals surface area contributed by atoms with Gasteiger partial charge >= 0.3 is 5.97 Å². The molecule has 0 spiro atoms. The molecule has 1 aromatic rings. The standard InChI is InChI=1S/C17H24N2O3/c1-12(2)11-14-17(21)19(10-6-9-16(20)22-3)15-8-5-4-7-13(15)18-14/h4-5,7-8,12,14,18H,6,9-11H2,1-3H3. The van der Waals surface area contributed by atoms with E-state index >= 15 is 0 Å². The van der Waals surface area contributed by atoms with Crippen LogP contribution < -0.4 is 10.2 Å². The van der Waals surface area contributed by atoms with Crippen LogP contribution in [0.25, 0.3) is 0 Å². The van der Waals surface area contributed by atoms with Crippen molar-refractivity contribution in [3.05, 3.63) is 24.3 Å². The summed E-state index contributed by atoms with van der Waals surface area (Å²) in [5.74, 6) is 0.274. The molecule has 0 fully saturated rings. The van der Waals surface area contributed by atoms with Crippen LogP contribution in [-0.2, 0) is 14.3 Å². The number of hydrogen-bond donors (Lipinski definition) is 1. The van der Waals surface area contributed by atoms with E-state index in [0.29, 0.717) is 25.3 Å². The molecular weight excluding hydrogens is 280 g/mol. The van der Waals surface area contributed by atoms with Gasteiger partial charge in [-0.3, -0.25) is 9.59 Å². The van der Waals surface area contributed by atoms with E-state index in [2.05, 4.69) is 23.9 Å². The van der Waals surface area contributed by atoms with Crippen molar-refractivity contribution >= 4 is 23.3 Å². The van der Waals surface area contributed by atoms with Crippen LogP contribution in [0.15, 0.2) is 24.3 Å². The third-order valence-corrected chi connectivity index (χ3v) is 3.79. The lowest BCUT2D eigenvalue weighted by molar-refractivity contribution is -0.140. The van der Waals surface area contributed by atoms with Gasteiger partial charge in [0.2, 0.25) is 5.91 Å². The molecule has 1 aromatic carbocycles. The Labute approximate surface area is 131 Å². The molecule has 1 N–H and O–H groups in total. The summed E-state index contributed by atoms with van der Waals surface area (Å²) < 4.78 is 4.65. The first kappa shape index (κ1) is 16.3. The van der Waals surface area contributed by atoms with E-state index in [0.717, 1.165) is 17.8 Å². The van der Waals surface area contributed by atoms with Crippen molar-refractivity contribution in [1.29, 1.82) is 0 Å². The van der Waals surface area contributed by atoms with E-state index in [1.165, 1.54) is 7.11 Å². The molecule has 1 atom stereocenters. The number of esters is 1. The average molecular weight is 304 g/mol. The van der Waals surface area contributed by atoms with Gasteiger partial charge in [-0.1, -0.05) is 26.0 Å². The Kier molecular flexibility index (Phi) is 5.41. The molecule has 0 aromatic heterocycles. The van der Waals surface area contributed by atoms with Gasteiger partial charge in [0.15, 0.2) is 0 Å². The van der Waals surface area contributed by atoms with Crippen molar-refractivity contribution in [1.82, 2.24) is 0 Å². The Morgan fingerprint density at radius 2 is 2.09 bits per heavy atom. The molecule has 0 saturated carbocycles. The van der Waals surface area contributed by atoms with Crippen LogP contribution in [0.1, 0.15) is 33.1 Å². The highest BCUT2D eigenvalue weighted by atomic mass is 16.5. The first-order valence-corrected chi connectivity index (χ1v) is 7.76. The van der Waals surface area contributed by atoms with Gasteiger partial charge in [-0.15, -0.1) is 0 Å². The summed E-state index contributed by atoms with van der Waals surface area (Å²) in [6.07, 6.45) is 1.71. The first-order chi connectivity index (χ1) is 10.5. The van der Waals surface area contributed by atoms with Gasteiger partial charge in [-0.25, -0.2) is 0 Å². The molecule has 0 bridgehead atoms. The maximum atomic E-state index is 12.7. The predicted molar refractivity (Wildman–Crippen MR) is 86.9 cm³/mol. The fourth-order valence-corrected chi connectivity index (χ4v) is 2.73. The summed E-state index contributed by atoms with van der Waals surface area (Å²) in [5.41, 5.74) is 1.86. The number of rotatable bonds is 6. The van der Waals surface area contributed by atoms with Gasteiger partial charge in [-0.2, -0.15) is 0 Å². The zero-order valence-corrected chi connectivity index (χ0v) is 13.5. The molecule has 2 rings (SSSR count). The summed E-state index contributed by atoms with van der Waals surface area (Å²) in [4.78, 5) is 25.8. The summed E-state index contributed by atoms with van der Waals surface area (Å²) >= 11 is 0. The molecule has 1 amide bonds. The number of para-hydroxylation sites is 2. The molecule has 5 nitrogen and oxygen atoms in total. The minimum Gasteiger partial charge on any atom is -0.469 e. The first-order valence-electron chi connectivity index (χ1n) is 7.76. The van der Waals surface area contributed by atoms with Crippen molar-refractivity contribution < 1.29 is 14.3 Å². The van der Waals surface area contributed by atoms with Gasteiger partial charge in [0, 0.05) is 13.0 Å². The number of hydrogen-bond acceptors (Lipinski definition) is 4. The number of nitrogens with zero attached hydrogens (tertiary/aromatic N) is 1. The number of carbonyl (C=O) groups is 2. The van der Waals surface area contributed by atoms with E-state index in [1.807, 2.05) is 24.3 Å². The molecule has 1 aliphatic rings. The van der Waals surface area contributed by atoms with Crippen LogP contribution in [0.5, 0.6) is 0 Å². The Morgan fingerprint density at radius 1 is 1.36 bits per heavy atom. The lowest BCUT2D eigenvalue weighted by Crippen LogP contribution is -2.48. The molecule has 0 saturated heterocycles. The van der Waals surface area contributed by atoms with Crippen LogP contribution in [0.3, 0.4) is 0 Å². The average Bonchev–Trinajstić information content (AvgIpc) is 2.49. The minimum absolute atomic E-state index is 0.0808. The number of methoxy groups -OCH3 is 1. The minimum atomic E-state index is -0.241. The van der Waals surface area contributed by atoms with E-state index in [9.17, 15) is 9.59 Å². The molecule has 0 aliphatic carbocycles. The predicted octanol–water partition coefficient (Wildman–Crippen LogP) is 2.81. The normalized spacial score (nSPS) is 17.2. The monoisotopic (exact) mass is 304 g/mol. The highest BCUT2D eigenvalue weighted by Crippen LogP contribution is 2.32. The molecule has 5 heteroatoms. The zero-order valence-electron chi connectivity index (χ0n) is 13.5. The molecule has 0 radical (unpaired) electrons. The number of amides is 1. The van der Waals surface area contributed by atoms with Gasteiger partial charge in [0.05, 0.1) is 18.5 Å². The second-order valence-electron chi connectivity index (χ2n) is 6.01. The van der Waals surface area contributed by atoms with Crippen LogP contribution >= 0.6 is 0 Å². The lowest BCUT2D eigenvalue weighted by Gasteiger charge is -2.36. The quantitative estimate of drug-likeness (QED) is 0.821. The number of ether oxygens (including phenoxy) is 1. The fourth-order valence-electron chi connectivity index (χ4n) is 2.73. The molecule has 1 aliphatic heterocycles. The maximum Gasteiger partial charge on any atom is 0.305 e. The summed E-state index contributed by atoms with van der Waals surface area (Å²) in [5, 5.41) is 3.34. The van der Waals surface area contributed by atoms with E-state index in [1.54, 1.807) is 4.90 Å². The second-order valence-corrected chi connectivity index (χ2v) is 6.01. The fraction of sp³-hybridized carbons (Fsp3) is 0.529. The highest BCUT2D eigenvalue weighted by Gasteiger charge is 2.32. The van der Waals surface area contributed by atoms with Gasteiger partial charge in [0.1, 0.15) is 6.04 Å². The Morgan fingerprint density at radius 3 is 2.77 bits per heavy atom. The van der Waals surface area contributed by atoms with Gasteiger partial charge < -0.3 is 15.0 Å². The maximum absolute atomic E-state index is 12.7. The van der Waals surface area contributed by atoms with Crippen molar-refractivity contribution in [2.24, 2.45) is 5.92 Å². The number of carbonyl (C=O) groups excluding carboxylic acids is 2. The number of nitrogens with one attached hydrogen (secondary N) is 1. The highest BCUT2D eigenvalue weighted by molar-refractivity contribution is 6.04. The van der Waals surface area contributed by atoms with Gasteiger partial charge in [0.25, 0.3) is 0 Å². The van der Waals surface area contributed by atoms with E-state index < -0.39 is 0 Å². The summed E-state index contributed by atoms with van der Waals surface area (Å²) in [6.45, 7) is 4.75. The molecule has 1 heterocycles. The Hall–Kier alpha value is -2.04. The summed E-state index contributed by atoms with van der Waals surface area (Å²) in [6, 6.07) is 7.60. The zero-order chi connectivity index (χ0) is 16.1. The summed E-state index contributed by atoms with van der Waals surface area (Å²) in [7, 11) is 1.38. The second kappa shape index (κ2) is 7.29. The van der Waals surface area contributed by atoms with Crippen LogP contribution in [0, 0.1) is 5.92 Å². The lowest BCUT2D eigenvalue weighted by atomic mass is 9.99. The van der Waals surface area contributed by atoms with Crippen molar-refractivity contribution in [3.63, 3.8) is 0 Å². The number of benzene rings is 1. The van der Waals surface area contributed by atoms with Crippen molar-refractivity contribution in [3.8, 4) is 0 Å². The van der Waals surface area contributed by atoms with E-state index in [4.69, 9.17) is 0 Å². The van der Waals surface area contributed by atoms with Crippen molar-refractivity contribution in [2.75, 3.05) is 23.9 Å². The third kappa shape index (κ3) is 3.78. The number of anilines is 2. The number of fused-ring (bicyclic) bond motifs is 1. The van der Waals surface area contributed by atoms with Crippen LogP contribution in [0.4, 0.5) is 11.4 Å². The largest absolute Gasteiger partial charge is 0.469 e. The Balaban J connectivity index is 2.14. The van der Waals surface area contributed by atoms with Crippen LogP contribution in [-0.4, -0.2) is 31.6 Å². The topological polar surface area (TPSA) is 58.6 Å². The van der Waals surface area contributed by atoms with Gasteiger partial charge in [-0.05, 0) is 30.9 Å².